The first kappa shape index (κ1) is 20.5. The highest BCUT2D eigenvalue weighted by Crippen LogP contribution is 2.22. The van der Waals surface area contributed by atoms with E-state index >= 15 is 0 Å². The van der Waals surface area contributed by atoms with E-state index < -0.39 is 18.5 Å². The van der Waals surface area contributed by atoms with Gasteiger partial charge in [-0.1, -0.05) is 54.6 Å². The van der Waals surface area contributed by atoms with Gasteiger partial charge in [0.2, 0.25) is 0 Å². The SMILES string of the molecule is O=C(COC(=O)COc1ccccc1Cc1ccccc1)Nc1cccc2nsnc12. The van der Waals surface area contributed by atoms with E-state index in [-0.39, 0.29) is 6.61 Å². The van der Waals surface area contributed by atoms with Crippen molar-refractivity contribution in [2.75, 3.05) is 18.5 Å². The van der Waals surface area contributed by atoms with Gasteiger partial charge in [-0.25, -0.2) is 4.79 Å². The summed E-state index contributed by atoms with van der Waals surface area (Å²) in [4.78, 5) is 24.2. The molecule has 0 aliphatic heterocycles. The Morgan fingerprint density at radius 1 is 0.871 bits per heavy atom. The number of ether oxygens (including phenoxy) is 2. The lowest BCUT2D eigenvalue weighted by molar-refractivity contribution is -0.149. The maximum absolute atomic E-state index is 12.1. The van der Waals surface area contributed by atoms with Crippen LogP contribution in [0.5, 0.6) is 5.75 Å². The molecule has 0 atom stereocenters. The van der Waals surface area contributed by atoms with E-state index in [1.165, 1.54) is 0 Å². The number of hydrogen-bond acceptors (Lipinski definition) is 7. The van der Waals surface area contributed by atoms with Crippen LogP contribution in [0.4, 0.5) is 5.69 Å². The summed E-state index contributed by atoms with van der Waals surface area (Å²) in [7, 11) is 0. The van der Waals surface area contributed by atoms with Crippen LogP contribution in [0.15, 0.2) is 72.8 Å². The molecule has 0 aliphatic carbocycles. The van der Waals surface area contributed by atoms with Crippen molar-refractivity contribution in [2.45, 2.75) is 6.42 Å². The Kier molecular flexibility index (Phi) is 6.49. The third kappa shape index (κ3) is 5.43. The van der Waals surface area contributed by atoms with Gasteiger partial charge in [-0.05, 0) is 29.3 Å². The number of anilines is 1. The first-order valence-corrected chi connectivity index (χ1v) is 10.3. The van der Waals surface area contributed by atoms with Gasteiger partial charge < -0.3 is 14.8 Å². The number of amides is 1. The van der Waals surface area contributed by atoms with Crippen molar-refractivity contribution >= 4 is 40.3 Å². The van der Waals surface area contributed by atoms with Crippen LogP contribution in [0.2, 0.25) is 0 Å². The molecule has 0 spiro atoms. The van der Waals surface area contributed by atoms with Crippen LogP contribution >= 0.6 is 11.7 Å². The van der Waals surface area contributed by atoms with Crippen molar-refractivity contribution in [3.63, 3.8) is 0 Å². The van der Waals surface area contributed by atoms with Crippen molar-refractivity contribution < 1.29 is 19.1 Å². The maximum Gasteiger partial charge on any atom is 0.344 e. The van der Waals surface area contributed by atoms with Crippen molar-refractivity contribution in [1.82, 2.24) is 8.75 Å². The van der Waals surface area contributed by atoms with Crippen LogP contribution in [-0.2, 0) is 20.7 Å². The molecule has 156 valence electrons. The molecule has 31 heavy (non-hydrogen) atoms. The van der Waals surface area contributed by atoms with Gasteiger partial charge in [-0.3, -0.25) is 4.79 Å². The molecule has 0 unspecified atom stereocenters. The lowest BCUT2D eigenvalue weighted by atomic mass is 10.0. The van der Waals surface area contributed by atoms with Crippen LogP contribution in [0.1, 0.15) is 11.1 Å². The second-order valence-corrected chi connectivity index (χ2v) is 7.23. The lowest BCUT2D eigenvalue weighted by Gasteiger charge is -2.11. The molecule has 0 aliphatic rings. The molecule has 0 saturated carbocycles. The van der Waals surface area contributed by atoms with E-state index in [0.717, 1.165) is 22.9 Å². The molecular formula is C23H19N3O4S. The standard InChI is InChI=1S/C23H19N3O4S/c27-21(24-18-10-6-11-19-23(18)26-31-25-19)14-30-22(28)15-29-20-12-5-4-9-17(20)13-16-7-2-1-3-8-16/h1-12H,13-15H2,(H,24,27). The third-order valence-electron chi connectivity index (χ3n) is 4.48. The number of hydrogen-bond donors (Lipinski definition) is 1. The molecule has 7 nitrogen and oxygen atoms in total. The maximum atomic E-state index is 12.1. The van der Waals surface area contributed by atoms with Crippen molar-refractivity contribution in [3.05, 3.63) is 83.9 Å². The summed E-state index contributed by atoms with van der Waals surface area (Å²) in [6.45, 7) is -0.702. The zero-order valence-electron chi connectivity index (χ0n) is 16.5. The Morgan fingerprint density at radius 3 is 2.55 bits per heavy atom. The molecule has 0 bridgehead atoms. The average Bonchev–Trinajstić information content (AvgIpc) is 3.28. The fourth-order valence-corrected chi connectivity index (χ4v) is 3.57. The first-order valence-electron chi connectivity index (χ1n) is 9.60. The second kappa shape index (κ2) is 9.82. The van der Waals surface area contributed by atoms with Crippen molar-refractivity contribution in [2.24, 2.45) is 0 Å². The zero-order valence-corrected chi connectivity index (χ0v) is 17.3. The Bertz CT molecular complexity index is 1190. The van der Waals surface area contributed by atoms with Gasteiger partial charge in [0.05, 0.1) is 17.4 Å². The summed E-state index contributed by atoms with van der Waals surface area (Å²) in [5, 5.41) is 2.68. The summed E-state index contributed by atoms with van der Waals surface area (Å²) in [5.74, 6) is -0.480. The number of fused-ring (bicyclic) bond motifs is 1. The van der Waals surface area contributed by atoms with Gasteiger partial charge >= 0.3 is 5.97 Å². The molecule has 0 saturated heterocycles. The Hall–Kier alpha value is -3.78. The van der Waals surface area contributed by atoms with Crippen LogP contribution in [-0.4, -0.2) is 33.8 Å². The number of benzene rings is 3. The number of nitrogens with zero attached hydrogens (tertiary/aromatic N) is 2. The van der Waals surface area contributed by atoms with Crippen molar-refractivity contribution in [1.29, 1.82) is 0 Å². The van der Waals surface area contributed by atoms with Crippen LogP contribution in [0, 0.1) is 0 Å². The topological polar surface area (TPSA) is 90.4 Å². The number of nitrogens with one attached hydrogen (secondary N) is 1. The monoisotopic (exact) mass is 433 g/mol. The predicted molar refractivity (Wildman–Crippen MR) is 118 cm³/mol. The highest BCUT2D eigenvalue weighted by Gasteiger charge is 2.12. The summed E-state index contributed by atoms with van der Waals surface area (Å²) in [6.07, 6.45) is 0.686. The van der Waals surface area contributed by atoms with Crippen molar-refractivity contribution in [3.8, 4) is 5.75 Å². The van der Waals surface area contributed by atoms with Gasteiger partial charge in [0.15, 0.2) is 13.2 Å². The molecule has 3 aromatic carbocycles. The molecule has 0 fully saturated rings. The largest absolute Gasteiger partial charge is 0.482 e. The Morgan fingerprint density at radius 2 is 1.68 bits per heavy atom. The molecule has 8 heteroatoms. The summed E-state index contributed by atoms with van der Waals surface area (Å²) >= 11 is 1.07. The number of carbonyl (C=O) groups is 2. The summed E-state index contributed by atoms with van der Waals surface area (Å²) in [5.41, 5.74) is 3.93. The Balaban J connectivity index is 1.28. The van der Waals surface area contributed by atoms with Gasteiger partial charge in [-0.2, -0.15) is 8.75 Å². The average molecular weight is 433 g/mol. The van der Waals surface area contributed by atoms with Crippen LogP contribution < -0.4 is 10.1 Å². The van der Waals surface area contributed by atoms with Crippen LogP contribution in [0.25, 0.3) is 11.0 Å². The quantitative estimate of drug-likeness (QED) is 0.425. The second-order valence-electron chi connectivity index (χ2n) is 6.71. The minimum atomic E-state index is -0.627. The lowest BCUT2D eigenvalue weighted by Crippen LogP contribution is -2.24. The van der Waals surface area contributed by atoms with E-state index in [0.29, 0.717) is 28.9 Å². The predicted octanol–water partition coefficient (Wildman–Crippen LogP) is 3.84. The Labute approximate surface area is 183 Å². The zero-order chi connectivity index (χ0) is 21.5. The van der Waals surface area contributed by atoms with E-state index in [9.17, 15) is 9.59 Å². The molecular weight excluding hydrogens is 414 g/mol. The van der Waals surface area contributed by atoms with E-state index in [2.05, 4.69) is 14.1 Å². The van der Waals surface area contributed by atoms with Gasteiger partial charge in [-0.15, -0.1) is 0 Å². The minimum Gasteiger partial charge on any atom is -0.482 e. The summed E-state index contributed by atoms with van der Waals surface area (Å²) in [6, 6.07) is 22.8. The van der Waals surface area contributed by atoms with Gasteiger partial charge in [0.1, 0.15) is 16.8 Å². The van der Waals surface area contributed by atoms with Gasteiger partial charge in [0, 0.05) is 6.42 Å². The summed E-state index contributed by atoms with van der Waals surface area (Å²) < 4.78 is 19.0. The normalized spacial score (nSPS) is 10.6. The highest BCUT2D eigenvalue weighted by atomic mass is 32.1. The fraction of sp³-hybridized carbons (Fsp3) is 0.130. The smallest absolute Gasteiger partial charge is 0.344 e. The number of para-hydroxylation sites is 1. The molecule has 4 rings (SSSR count). The highest BCUT2D eigenvalue weighted by molar-refractivity contribution is 7.00. The molecule has 4 aromatic rings. The van der Waals surface area contributed by atoms with Crippen LogP contribution in [0.3, 0.4) is 0 Å². The number of rotatable bonds is 8. The third-order valence-corrected chi connectivity index (χ3v) is 5.02. The number of aromatic nitrogens is 2. The minimum absolute atomic E-state index is 0.287. The number of carbonyl (C=O) groups excluding carboxylic acids is 2. The number of esters is 1. The molecule has 1 heterocycles. The molecule has 0 radical (unpaired) electrons. The first-order chi connectivity index (χ1) is 15.2. The molecule has 1 aromatic heterocycles. The van der Waals surface area contributed by atoms with E-state index in [1.807, 2.05) is 54.6 Å². The molecule has 1 N–H and O–H groups in total. The van der Waals surface area contributed by atoms with Gasteiger partial charge in [0.25, 0.3) is 5.91 Å². The van der Waals surface area contributed by atoms with E-state index in [4.69, 9.17) is 9.47 Å². The van der Waals surface area contributed by atoms with E-state index in [1.54, 1.807) is 18.2 Å². The fourth-order valence-electron chi connectivity index (χ4n) is 3.02. The molecule has 1 amide bonds.